The van der Waals surface area contributed by atoms with Crippen LogP contribution in [0.25, 0.3) is 0 Å². The zero-order chi connectivity index (χ0) is 9.23. The summed E-state index contributed by atoms with van der Waals surface area (Å²) >= 11 is 0. The lowest BCUT2D eigenvalue weighted by atomic mass is 10.1. The topological polar surface area (TPSA) is 35.2 Å². The highest BCUT2D eigenvalue weighted by Crippen LogP contribution is 2.05. The molecule has 0 radical (unpaired) electrons. The molecule has 0 fully saturated rings. The second kappa shape index (κ2) is 9.01. The minimum atomic E-state index is 0.420. The van der Waals surface area contributed by atoms with Crippen molar-refractivity contribution in [2.24, 2.45) is 5.73 Å². The van der Waals surface area contributed by atoms with Crippen molar-refractivity contribution < 1.29 is 4.74 Å². The predicted molar refractivity (Wildman–Crippen MR) is 53.2 cm³/mol. The van der Waals surface area contributed by atoms with E-state index in [4.69, 9.17) is 10.5 Å². The van der Waals surface area contributed by atoms with E-state index in [9.17, 15) is 0 Å². The molecule has 1 unspecified atom stereocenters. The first kappa shape index (κ1) is 11.9. The number of hydrogen-bond donors (Lipinski definition) is 1. The van der Waals surface area contributed by atoms with Crippen LogP contribution in [0.2, 0.25) is 0 Å². The summed E-state index contributed by atoms with van der Waals surface area (Å²) in [5.41, 5.74) is 5.36. The molecule has 0 heterocycles. The summed E-state index contributed by atoms with van der Waals surface area (Å²) < 4.78 is 5.55. The molecule has 0 aliphatic rings. The summed E-state index contributed by atoms with van der Waals surface area (Å²) in [6.07, 6.45) is 6.50. The van der Waals surface area contributed by atoms with E-state index in [2.05, 4.69) is 13.8 Å². The van der Waals surface area contributed by atoms with Crippen molar-refractivity contribution in [3.63, 3.8) is 0 Å². The van der Waals surface area contributed by atoms with Crippen molar-refractivity contribution in [3.8, 4) is 0 Å². The second-order valence-electron chi connectivity index (χ2n) is 3.32. The van der Waals surface area contributed by atoms with Crippen LogP contribution in [0, 0.1) is 0 Å². The van der Waals surface area contributed by atoms with Gasteiger partial charge in [-0.25, -0.2) is 0 Å². The Morgan fingerprint density at radius 2 is 2.00 bits per heavy atom. The van der Waals surface area contributed by atoms with E-state index in [1.807, 2.05) is 0 Å². The van der Waals surface area contributed by atoms with Crippen LogP contribution in [0.15, 0.2) is 0 Å². The molecule has 0 spiro atoms. The van der Waals surface area contributed by atoms with Gasteiger partial charge in [0.2, 0.25) is 0 Å². The molecule has 1 atom stereocenters. The summed E-state index contributed by atoms with van der Waals surface area (Å²) in [6.45, 7) is 5.93. The molecule has 2 nitrogen and oxygen atoms in total. The summed E-state index contributed by atoms with van der Waals surface area (Å²) in [7, 11) is 0. The lowest BCUT2D eigenvalue weighted by molar-refractivity contribution is 0.0580. The largest absolute Gasteiger partial charge is 0.378 e. The van der Waals surface area contributed by atoms with Crippen molar-refractivity contribution in [2.75, 3.05) is 13.2 Å². The maximum absolute atomic E-state index is 5.55. The first-order chi connectivity index (χ1) is 5.81. The fourth-order valence-electron chi connectivity index (χ4n) is 1.13. The van der Waals surface area contributed by atoms with Crippen molar-refractivity contribution >= 4 is 0 Å². The highest BCUT2D eigenvalue weighted by molar-refractivity contribution is 4.51. The Hall–Kier alpha value is -0.0800. The third-order valence-electron chi connectivity index (χ3n) is 1.97. The van der Waals surface area contributed by atoms with Gasteiger partial charge in [-0.3, -0.25) is 0 Å². The van der Waals surface area contributed by atoms with Gasteiger partial charge in [-0.2, -0.15) is 0 Å². The molecule has 74 valence electrons. The zero-order valence-electron chi connectivity index (χ0n) is 8.51. The molecule has 0 saturated carbocycles. The zero-order valence-corrected chi connectivity index (χ0v) is 8.51. The molecule has 2 N–H and O–H groups in total. The highest BCUT2D eigenvalue weighted by atomic mass is 16.5. The van der Waals surface area contributed by atoms with Gasteiger partial charge >= 0.3 is 0 Å². The fourth-order valence-corrected chi connectivity index (χ4v) is 1.13. The van der Waals surface area contributed by atoms with Gasteiger partial charge < -0.3 is 10.5 Å². The maximum atomic E-state index is 5.55. The minimum Gasteiger partial charge on any atom is -0.378 e. The lowest BCUT2D eigenvalue weighted by Gasteiger charge is -2.11. The van der Waals surface area contributed by atoms with Crippen LogP contribution in [0.4, 0.5) is 0 Å². The van der Waals surface area contributed by atoms with E-state index in [1.165, 1.54) is 25.7 Å². The highest BCUT2D eigenvalue weighted by Gasteiger charge is 2.00. The third-order valence-corrected chi connectivity index (χ3v) is 1.97. The lowest BCUT2D eigenvalue weighted by Crippen LogP contribution is -2.11. The molecule has 12 heavy (non-hydrogen) atoms. The monoisotopic (exact) mass is 173 g/mol. The molecule has 0 aromatic rings. The predicted octanol–water partition coefficient (Wildman–Crippen LogP) is 2.32. The Kier molecular flexibility index (Phi) is 8.95. The molecular formula is C10H23NO. The van der Waals surface area contributed by atoms with Crippen molar-refractivity contribution in [1.82, 2.24) is 0 Å². The smallest absolute Gasteiger partial charge is 0.0547 e. The molecule has 0 amide bonds. The van der Waals surface area contributed by atoms with Gasteiger partial charge in [-0.15, -0.1) is 0 Å². The van der Waals surface area contributed by atoms with Crippen LogP contribution in [0.5, 0.6) is 0 Å². The van der Waals surface area contributed by atoms with Crippen molar-refractivity contribution in [1.29, 1.82) is 0 Å². The summed E-state index contributed by atoms with van der Waals surface area (Å²) in [4.78, 5) is 0. The van der Waals surface area contributed by atoms with E-state index in [-0.39, 0.29) is 0 Å². The van der Waals surface area contributed by atoms with Crippen LogP contribution >= 0.6 is 0 Å². The minimum absolute atomic E-state index is 0.420. The Balaban J connectivity index is 3.04. The average Bonchev–Trinajstić information content (AvgIpc) is 2.06. The van der Waals surface area contributed by atoms with E-state index in [0.29, 0.717) is 6.10 Å². The van der Waals surface area contributed by atoms with Crippen LogP contribution in [0.1, 0.15) is 46.0 Å². The molecule has 0 bridgehead atoms. The van der Waals surface area contributed by atoms with Crippen LogP contribution < -0.4 is 5.73 Å². The van der Waals surface area contributed by atoms with E-state index in [0.717, 1.165) is 19.6 Å². The van der Waals surface area contributed by atoms with Gasteiger partial charge in [0.05, 0.1) is 6.10 Å². The average molecular weight is 173 g/mol. The normalized spacial score (nSPS) is 13.2. The quantitative estimate of drug-likeness (QED) is 0.572. The fraction of sp³-hybridized carbons (Fsp3) is 1.00. The van der Waals surface area contributed by atoms with Crippen LogP contribution in [-0.2, 0) is 4.74 Å². The van der Waals surface area contributed by atoms with E-state index >= 15 is 0 Å². The third kappa shape index (κ3) is 8.02. The molecule has 2 heteroatoms. The Bertz CT molecular complexity index is 75.9. The number of hydrogen-bond acceptors (Lipinski definition) is 2. The number of unbranched alkanes of at least 4 members (excludes halogenated alkanes) is 2. The van der Waals surface area contributed by atoms with Gasteiger partial charge in [0.25, 0.3) is 0 Å². The Morgan fingerprint density at radius 1 is 1.25 bits per heavy atom. The molecule has 0 rings (SSSR count). The van der Waals surface area contributed by atoms with Gasteiger partial charge in [-0.1, -0.05) is 26.2 Å². The first-order valence-corrected chi connectivity index (χ1v) is 5.13. The standard InChI is InChI=1S/C10H23NO/c1-3-4-5-7-10(2)12-9-6-8-11/h10H,3-9,11H2,1-2H3. The number of nitrogens with two attached hydrogens (primary N) is 1. The Morgan fingerprint density at radius 3 is 2.58 bits per heavy atom. The Labute approximate surface area is 76.5 Å². The molecule has 0 saturated heterocycles. The van der Waals surface area contributed by atoms with E-state index < -0.39 is 0 Å². The molecule has 0 aliphatic heterocycles. The van der Waals surface area contributed by atoms with Crippen molar-refractivity contribution in [3.05, 3.63) is 0 Å². The molecular weight excluding hydrogens is 150 g/mol. The summed E-state index contributed by atoms with van der Waals surface area (Å²) in [6, 6.07) is 0. The van der Waals surface area contributed by atoms with Crippen molar-refractivity contribution in [2.45, 2.75) is 52.1 Å². The van der Waals surface area contributed by atoms with Gasteiger partial charge in [0, 0.05) is 6.61 Å². The first-order valence-electron chi connectivity index (χ1n) is 5.13. The summed E-state index contributed by atoms with van der Waals surface area (Å²) in [5.74, 6) is 0. The maximum Gasteiger partial charge on any atom is 0.0547 e. The SMILES string of the molecule is CCCCCC(C)OCCCN. The van der Waals surface area contributed by atoms with Gasteiger partial charge in [0.15, 0.2) is 0 Å². The molecule has 0 aromatic heterocycles. The summed E-state index contributed by atoms with van der Waals surface area (Å²) in [5, 5.41) is 0. The molecule has 0 aliphatic carbocycles. The van der Waals surface area contributed by atoms with Gasteiger partial charge in [-0.05, 0) is 26.3 Å². The molecule has 0 aromatic carbocycles. The van der Waals surface area contributed by atoms with Gasteiger partial charge in [0.1, 0.15) is 0 Å². The number of rotatable bonds is 8. The van der Waals surface area contributed by atoms with Crippen LogP contribution in [-0.4, -0.2) is 19.3 Å². The van der Waals surface area contributed by atoms with Crippen LogP contribution in [0.3, 0.4) is 0 Å². The second-order valence-corrected chi connectivity index (χ2v) is 3.32. The van der Waals surface area contributed by atoms with E-state index in [1.54, 1.807) is 0 Å². The number of ether oxygens (including phenoxy) is 1.